The zero-order valence-electron chi connectivity index (χ0n) is 6.07. The van der Waals surface area contributed by atoms with Crippen LogP contribution in [0.1, 0.15) is 10.4 Å². The van der Waals surface area contributed by atoms with Gasteiger partial charge in [0.15, 0.2) is 0 Å². The topological polar surface area (TPSA) is 65.2 Å². The van der Waals surface area contributed by atoms with Gasteiger partial charge < -0.3 is 10.5 Å². The molecular weight excluding hydrogens is 144 g/mol. The number of pyridine rings is 1. The van der Waals surface area contributed by atoms with Crippen molar-refractivity contribution >= 4 is 11.7 Å². The Balaban J connectivity index is 3.03. The Kier molecular flexibility index (Phi) is 2.06. The molecule has 1 heterocycles. The van der Waals surface area contributed by atoms with Crippen molar-refractivity contribution in [3.8, 4) is 0 Å². The Morgan fingerprint density at radius 1 is 1.73 bits per heavy atom. The van der Waals surface area contributed by atoms with E-state index in [0.717, 1.165) is 0 Å². The average Bonchev–Trinajstić information content (AvgIpc) is 2.04. The molecule has 0 aromatic carbocycles. The van der Waals surface area contributed by atoms with Crippen molar-refractivity contribution in [3.05, 3.63) is 24.0 Å². The molecule has 58 valence electrons. The Morgan fingerprint density at radius 3 is 3.00 bits per heavy atom. The second-order valence-corrected chi connectivity index (χ2v) is 1.95. The number of ether oxygens (including phenoxy) is 1. The van der Waals surface area contributed by atoms with E-state index < -0.39 is 5.97 Å². The van der Waals surface area contributed by atoms with Crippen LogP contribution in [0.15, 0.2) is 18.5 Å². The average molecular weight is 152 g/mol. The maximum atomic E-state index is 10.9. The first-order chi connectivity index (χ1) is 5.25. The van der Waals surface area contributed by atoms with Gasteiger partial charge in [0.2, 0.25) is 0 Å². The third-order valence-corrected chi connectivity index (χ3v) is 1.26. The van der Waals surface area contributed by atoms with Gasteiger partial charge in [-0.25, -0.2) is 4.79 Å². The van der Waals surface area contributed by atoms with Crippen LogP contribution in [0.4, 0.5) is 5.69 Å². The number of hydrogen-bond acceptors (Lipinski definition) is 4. The molecule has 0 amide bonds. The van der Waals surface area contributed by atoms with E-state index in [-0.39, 0.29) is 0 Å². The summed E-state index contributed by atoms with van der Waals surface area (Å²) >= 11 is 0. The molecule has 4 heteroatoms. The molecule has 0 radical (unpaired) electrons. The first-order valence-electron chi connectivity index (χ1n) is 3.03. The van der Waals surface area contributed by atoms with Crippen LogP contribution < -0.4 is 5.73 Å². The van der Waals surface area contributed by atoms with Crippen LogP contribution in [-0.2, 0) is 4.74 Å². The standard InChI is InChI=1S/C7H8N2O2/c1-11-7(10)5-4-9-3-2-6(5)8/h2-4H,1H3,(H2,8,9). The fourth-order valence-corrected chi connectivity index (χ4v) is 0.686. The van der Waals surface area contributed by atoms with Crippen molar-refractivity contribution in [1.29, 1.82) is 0 Å². The molecule has 2 N–H and O–H groups in total. The van der Waals surface area contributed by atoms with Gasteiger partial charge in [0.25, 0.3) is 0 Å². The predicted molar refractivity (Wildman–Crippen MR) is 40.0 cm³/mol. The second kappa shape index (κ2) is 3.01. The summed E-state index contributed by atoms with van der Waals surface area (Å²) in [5, 5.41) is 0. The molecule has 11 heavy (non-hydrogen) atoms. The highest BCUT2D eigenvalue weighted by Crippen LogP contribution is 2.08. The molecular formula is C7H8N2O2. The monoisotopic (exact) mass is 152 g/mol. The molecule has 0 unspecified atom stereocenters. The molecule has 4 nitrogen and oxygen atoms in total. The van der Waals surface area contributed by atoms with Crippen molar-refractivity contribution in [1.82, 2.24) is 4.98 Å². The number of methoxy groups -OCH3 is 1. The maximum absolute atomic E-state index is 10.9. The van der Waals surface area contributed by atoms with Gasteiger partial charge >= 0.3 is 5.97 Å². The highest BCUT2D eigenvalue weighted by atomic mass is 16.5. The number of carbonyl (C=O) groups excluding carboxylic acids is 1. The molecule has 1 aromatic heterocycles. The zero-order valence-corrected chi connectivity index (χ0v) is 6.07. The van der Waals surface area contributed by atoms with E-state index in [0.29, 0.717) is 11.3 Å². The quantitative estimate of drug-likeness (QED) is 0.593. The third-order valence-electron chi connectivity index (χ3n) is 1.26. The van der Waals surface area contributed by atoms with Crippen LogP contribution in [0.2, 0.25) is 0 Å². The maximum Gasteiger partial charge on any atom is 0.341 e. The van der Waals surface area contributed by atoms with Crippen molar-refractivity contribution in [3.63, 3.8) is 0 Å². The molecule has 0 spiro atoms. The molecule has 0 saturated heterocycles. The van der Waals surface area contributed by atoms with Crippen molar-refractivity contribution < 1.29 is 9.53 Å². The van der Waals surface area contributed by atoms with Crippen molar-refractivity contribution in [2.75, 3.05) is 12.8 Å². The summed E-state index contributed by atoms with van der Waals surface area (Å²) in [6, 6.07) is 1.55. The summed E-state index contributed by atoms with van der Waals surface area (Å²) < 4.78 is 4.46. The van der Waals surface area contributed by atoms with E-state index in [1.165, 1.54) is 19.5 Å². The number of rotatable bonds is 1. The lowest BCUT2D eigenvalue weighted by Gasteiger charge is -2.00. The van der Waals surface area contributed by atoms with Gasteiger partial charge in [-0.3, -0.25) is 4.98 Å². The van der Waals surface area contributed by atoms with E-state index in [2.05, 4.69) is 9.72 Å². The Bertz CT molecular complexity index is 273. The van der Waals surface area contributed by atoms with Gasteiger partial charge in [0, 0.05) is 18.1 Å². The number of esters is 1. The summed E-state index contributed by atoms with van der Waals surface area (Å²) in [6.07, 6.45) is 2.89. The van der Waals surface area contributed by atoms with Crippen LogP contribution in [-0.4, -0.2) is 18.1 Å². The van der Waals surface area contributed by atoms with Crippen molar-refractivity contribution in [2.24, 2.45) is 0 Å². The Morgan fingerprint density at radius 2 is 2.45 bits per heavy atom. The molecule has 0 aliphatic rings. The summed E-state index contributed by atoms with van der Waals surface area (Å²) in [5.41, 5.74) is 6.14. The van der Waals surface area contributed by atoms with Crippen LogP contribution in [0, 0.1) is 0 Å². The number of aromatic nitrogens is 1. The first kappa shape index (κ1) is 7.53. The van der Waals surface area contributed by atoms with Gasteiger partial charge in [-0.2, -0.15) is 0 Å². The van der Waals surface area contributed by atoms with E-state index in [1.807, 2.05) is 0 Å². The predicted octanol–water partition coefficient (Wildman–Crippen LogP) is 0.450. The lowest BCUT2D eigenvalue weighted by molar-refractivity contribution is 0.0601. The number of nitrogen functional groups attached to an aromatic ring is 1. The normalized spacial score (nSPS) is 9.18. The minimum atomic E-state index is -0.462. The van der Waals surface area contributed by atoms with Gasteiger partial charge in [-0.05, 0) is 6.07 Å². The molecule has 1 aromatic rings. The Hall–Kier alpha value is -1.58. The summed E-state index contributed by atoms with van der Waals surface area (Å²) in [5.74, 6) is -0.462. The fraction of sp³-hybridized carbons (Fsp3) is 0.143. The van der Waals surface area contributed by atoms with Gasteiger partial charge in [0.1, 0.15) is 5.56 Å². The number of carbonyl (C=O) groups is 1. The Labute approximate surface area is 64.0 Å². The molecule has 0 aliphatic heterocycles. The lowest BCUT2D eigenvalue weighted by Crippen LogP contribution is -2.05. The summed E-state index contributed by atoms with van der Waals surface area (Å²) in [6.45, 7) is 0. The molecule has 0 fully saturated rings. The minimum absolute atomic E-state index is 0.301. The molecule has 0 saturated carbocycles. The third kappa shape index (κ3) is 1.46. The molecule has 0 aliphatic carbocycles. The van der Waals surface area contributed by atoms with Gasteiger partial charge in [0.05, 0.1) is 7.11 Å². The number of nitrogens with two attached hydrogens (primary N) is 1. The highest BCUT2D eigenvalue weighted by molar-refractivity contribution is 5.94. The molecule has 0 atom stereocenters. The molecule has 1 rings (SSSR count). The lowest BCUT2D eigenvalue weighted by atomic mass is 10.2. The number of hydrogen-bond donors (Lipinski definition) is 1. The van der Waals surface area contributed by atoms with Crippen LogP contribution in [0.25, 0.3) is 0 Å². The first-order valence-corrected chi connectivity index (χ1v) is 3.03. The molecule has 0 bridgehead atoms. The SMILES string of the molecule is COC(=O)c1cnccc1N. The van der Waals surface area contributed by atoms with Crippen LogP contribution >= 0.6 is 0 Å². The summed E-state index contributed by atoms with van der Waals surface area (Å²) in [7, 11) is 1.30. The second-order valence-electron chi connectivity index (χ2n) is 1.95. The number of nitrogens with zero attached hydrogens (tertiary/aromatic N) is 1. The smallest absolute Gasteiger partial charge is 0.341 e. The number of anilines is 1. The van der Waals surface area contributed by atoms with Gasteiger partial charge in [-0.1, -0.05) is 0 Å². The van der Waals surface area contributed by atoms with E-state index in [1.54, 1.807) is 6.07 Å². The van der Waals surface area contributed by atoms with E-state index in [9.17, 15) is 4.79 Å². The van der Waals surface area contributed by atoms with Crippen LogP contribution in [0.3, 0.4) is 0 Å². The minimum Gasteiger partial charge on any atom is -0.465 e. The van der Waals surface area contributed by atoms with Crippen molar-refractivity contribution in [2.45, 2.75) is 0 Å². The largest absolute Gasteiger partial charge is 0.465 e. The summed E-state index contributed by atoms with van der Waals surface area (Å²) in [4.78, 5) is 14.6. The van der Waals surface area contributed by atoms with E-state index >= 15 is 0 Å². The fourth-order valence-electron chi connectivity index (χ4n) is 0.686. The highest BCUT2D eigenvalue weighted by Gasteiger charge is 2.07. The zero-order chi connectivity index (χ0) is 8.27. The van der Waals surface area contributed by atoms with Crippen LogP contribution in [0.5, 0.6) is 0 Å². The van der Waals surface area contributed by atoms with E-state index in [4.69, 9.17) is 5.73 Å². The van der Waals surface area contributed by atoms with Gasteiger partial charge in [-0.15, -0.1) is 0 Å².